The molecule has 112 valence electrons. The fourth-order valence-electron chi connectivity index (χ4n) is 2.10. The third kappa shape index (κ3) is 4.44. The Morgan fingerprint density at radius 2 is 1.80 bits per heavy atom. The van der Waals surface area contributed by atoms with Gasteiger partial charge in [-0.25, -0.2) is 4.79 Å². The van der Waals surface area contributed by atoms with Crippen LogP contribution in [-0.2, 0) is 4.74 Å². The molecule has 0 spiro atoms. The van der Waals surface area contributed by atoms with Crippen LogP contribution in [0, 0.1) is 0 Å². The van der Waals surface area contributed by atoms with Crippen LogP contribution in [0.3, 0.4) is 0 Å². The van der Waals surface area contributed by atoms with Crippen molar-refractivity contribution in [3.05, 3.63) is 23.8 Å². The highest BCUT2D eigenvalue weighted by Gasteiger charge is 2.13. The monoisotopic (exact) mass is 278 g/mol. The minimum absolute atomic E-state index is 0.379. The van der Waals surface area contributed by atoms with Gasteiger partial charge in [0.1, 0.15) is 0 Å². The first kappa shape index (κ1) is 16.3. The van der Waals surface area contributed by atoms with Crippen LogP contribution in [0.15, 0.2) is 18.2 Å². The van der Waals surface area contributed by atoms with Gasteiger partial charge < -0.3 is 15.4 Å². The summed E-state index contributed by atoms with van der Waals surface area (Å²) in [6, 6.07) is 5.60. The number of rotatable bonds is 8. The van der Waals surface area contributed by atoms with E-state index in [-0.39, 0.29) is 5.97 Å². The Kier molecular flexibility index (Phi) is 6.91. The minimum atomic E-state index is -0.379. The predicted molar refractivity (Wildman–Crippen MR) is 84.2 cm³/mol. The molecule has 4 heteroatoms. The molecule has 0 saturated carbocycles. The number of hydrogen-bond donors (Lipinski definition) is 1. The molecule has 1 rings (SSSR count). The van der Waals surface area contributed by atoms with E-state index < -0.39 is 0 Å². The summed E-state index contributed by atoms with van der Waals surface area (Å²) < 4.78 is 4.78. The zero-order chi connectivity index (χ0) is 15.0. The lowest BCUT2D eigenvalue weighted by atomic mass is 10.1. The number of unbranched alkanes of at least 4 members (excludes halogenated alkanes) is 2. The van der Waals surface area contributed by atoms with Crippen LogP contribution in [0.4, 0.5) is 11.4 Å². The van der Waals surface area contributed by atoms with Crippen molar-refractivity contribution < 1.29 is 9.53 Å². The van der Waals surface area contributed by atoms with Crippen molar-refractivity contribution in [2.45, 2.75) is 39.5 Å². The van der Waals surface area contributed by atoms with Crippen molar-refractivity contribution in [1.82, 2.24) is 0 Å². The summed E-state index contributed by atoms with van der Waals surface area (Å²) in [5, 5.41) is 0. The largest absolute Gasteiger partial charge is 0.465 e. The van der Waals surface area contributed by atoms with Gasteiger partial charge in [-0.2, -0.15) is 0 Å². The number of anilines is 2. The first-order valence-electron chi connectivity index (χ1n) is 7.36. The SMILES string of the molecule is CCCCN(CCCC)c1ccc(N)c(C(=O)OC)c1. The quantitative estimate of drug-likeness (QED) is 0.584. The molecule has 0 amide bonds. The first-order valence-corrected chi connectivity index (χ1v) is 7.36. The van der Waals surface area contributed by atoms with Gasteiger partial charge >= 0.3 is 5.97 Å². The Morgan fingerprint density at radius 1 is 1.20 bits per heavy atom. The summed E-state index contributed by atoms with van der Waals surface area (Å²) >= 11 is 0. The van der Waals surface area contributed by atoms with Gasteiger partial charge in [-0.1, -0.05) is 26.7 Å². The zero-order valence-corrected chi connectivity index (χ0v) is 12.8. The second-order valence-corrected chi connectivity index (χ2v) is 4.96. The lowest BCUT2D eigenvalue weighted by Gasteiger charge is -2.25. The third-order valence-electron chi connectivity index (χ3n) is 3.37. The highest BCUT2D eigenvalue weighted by molar-refractivity contribution is 5.96. The van der Waals surface area contributed by atoms with Crippen LogP contribution < -0.4 is 10.6 Å². The molecule has 0 aromatic heterocycles. The maximum Gasteiger partial charge on any atom is 0.340 e. The van der Waals surface area contributed by atoms with Crippen molar-refractivity contribution >= 4 is 17.3 Å². The van der Waals surface area contributed by atoms with Crippen molar-refractivity contribution in [3.63, 3.8) is 0 Å². The highest BCUT2D eigenvalue weighted by Crippen LogP contribution is 2.23. The van der Waals surface area contributed by atoms with E-state index in [9.17, 15) is 4.79 Å². The molecule has 1 aromatic carbocycles. The maximum atomic E-state index is 11.7. The third-order valence-corrected chi connectivity index (χ3v) is 3.37. The number of ether oxygens (including phenoxy) is 1. The Balaban J connectivity index is 2.97. The Bertz CT molecular complexity index is 424. The number of hydrogen-bond acceptors (Lipinski definition) is 4. The number of carbonyl (C=O) groups is 1. The molecule has 0 bridgehead atoms. The Hall–Kier alpha value is -1.71. The summed E-state index contributed by atoms with van der Waals surface area (Å²) in [6.45, 7) is 6.36. The zero-order valence-electron chi connectivity index (χ0n) is 12.8. The molecular formula is C16H26N2O2. The molecule has 20 heavy (non-hydrogen) atoms. The fourth-order valence-corrected chi connectivity index (χ4v) is 2.10. The van der Waals surface area contributed by atoms with Gasteiger partial charge in [0.2, 0.25) is 0 Å². The molecule has 4 nitrogen and oxygen atoms in total. The predicted octanol–water partition coefficient (Wildman–Crippen LogP) is 3.46. The van der Waals surface area contributed by atoms with Crippen LogP contribution in [0.2, 0.25) is 0 Å². The van der Waals surface area contributed by atoms with Crippen LogP contribution in [-0.4, -0.2) is 26.2 Å². The number of nitrogens with two attached hydrogens (primary N) is 1. The van der Waals surface area contributed by atoms with Crippen molar-refractivity contribution in [2.24, 2.45) is 0 Å². The molecule has 0 heterocycles. The van der Waals surface area contributed by atoms with Gasteiger partial charge in [0.15, 0.2) is 0 Å². The smallest absolute Gasteiger partial charge is 0.340 e. The molecule has 0 aliphatic heterocycles. The molecule has 2 N–H and O–H groups in total. The molecule has 0 atom stereocenters. The van der Waals surface area contributed by atoms with Crippen LogP contribution in [0.25, 0.3) is 0 Å². The first-order chi connectivity index (χ1) is 9.63. The molecule has 0 aliphatic rings. The van der Waals surface area contributed by atoms with Crippen molar-refractivity contribution in [3.8, 4) is 0 Å². The van der Waals surface area contributed by atoms with Gasteiger partial charge in [0.25, 0.3) is 0 Å². The summed E-state index contributed by atoms with van der Waals surface area (Å²) in [5.41, 5.74) is 7.80. The van der Waals surface area contributed by atoms with Gasteiger partial charge in [0.05, 0.1) is 12.7 Å². The van der Waals surface area contributed by atoms with Crippen LogP contribution >= 0.6 is 0 Å². The van der Waals surface area contributed by atoms with Gasteiger partial charge in [-0.15, -0.1) is 0 Å². The second kappa shape index (κ2) is 8.46. The molecule has 1 aromatic rings. The van der Waals surface area contributed by atoms with E-state index in [1.807, 2.05) is 12.1 Å². The van der Waals surface area contributed by atoms with Crippen LogP contribution in [0.1, 0.15) is 49.9 Å². The van der Waals surface area contributed by atoms with Gasteiger partial charge in [-0.05, 0) is 31.0 Å². The molecule has 0 aliphatic carbocycles. The average molecular weight is 278 g/mol. The van der Waals surface area contributed by atoms with E-state index >= 15 is 0 Å². The van der Waals surface area contributed by atoms with E-state index in [1.54, 1.807) is 6.07 Å². The highest BCUT2D eigenvalue weighted by atomic mass is 16.5. The van der Waals surface area contributed by atoms with Crippen LogP contribution in [0.5, 0.6) is 0 Å². The standard InChI is InChI=1S/C16H26N2O2/c1-4-6-10-18(11-7-5-2)13-8-9-15(17)14(12-13)16(19)20-3/h8-9,12H,4-7,10-11,17H2,1-3H3. The second-order valence-electron chi connectivity index (χ2n) is 4.96. The summed E-state index contributed by atoms with van der Waals surface area (Å²) in [6.07, 6.45) is 4.59. The number of nitrogens with zero attached hydrogens (tertiary/aromatic N) is 1. The Labute approximate surface area is 121 Å². The van der Waals surface area contributed by atoms with Gasteiger partial charge in [-0.3, -0.25) is 0 Å². The van der Waals surface area contributed by atoms with E-state index in [4.69, 9.17) is 10.5 Å². The number of nitrogen functional groups attached to an aromatic ring is 1. The number of esters is 1. The molecule has 0 unspecified atom stereocenters. The topological polar surface area (TPSA) is 55.6 Å². The van der Waals surface area contributed by atoms with E-state index in [0.29, 0.717) is 11.3 Å². The molecular weight excluding hydrogens is 252 g/mol. The van der Waals surface area contributed by atoms with E-state index in [0.717, 1.165) is 44.5 Å². The maximum absolute atomic E-state index is 11.7. The average Bonchev–Trinajstić information content (AvgIpc) is 2.47. The number of benzene rings is 1. The fraction of sp³-hybridized carbons (Fsp3) is 0.562. The summed E-state index contributed by atoms with van der Waals surface area (Å²) in [5.74, 6) is -0.379. The van der Waals surface area contributed by atoms with Crippen molar-refractivity contribution in [2.75, 3.05) is 30.8 Å². The number of carbonyl (C=O) groups excluding carboxylic acids is 1. The van der Waals surface area contributed by atoms with Gasteiger partial charge in [0, 0.05) is 24.5 Å². The normalized spacial score (nSPS) is 10.3. The van der Waals surface area contributed by atoms with E-state index in [2.05, 4.69) is 18.7 Å². The van der Waals surface area contributed by atoms with Crippen molar-refractivity contribution in [1.29, 1.82) is 0 Å². The lowest BCUT2D eigenvalue weighted by Crippen LogP contribution is -2.26. The summed E-state index contributed by atoms with van der Waals surface area (Å²) in [4.78, 5) is 14.0. The minimum Gasteiger partial charge on any atom is -0.465 e. The number of methoxy groups -OCH3 is 1. The molecule has 0 fully saturated rings. The summed E-state index contributed by atoms with van der Waals surface area (Å²) in [7, 11) is 1.38. The molecule has 0 saturated heterocycles. The van der Waals surface area contributed by atoms with E-state index in [1.165, 1.54) is 7.11 Å². The lowest BCUT2D eigenvalue weighted by molar-refractivity contribution is 0.0602. The Morgan fingerprint density at radius 3 is 2.30 bits per heavy atom. The molecule has 0 radical (unpaired) electrons.